The molecule has 0 aliphatic heterocycles. The highest BCUT2D eigenvalue weighted by Crippen LogP contribution is 2.27. The Kier molecular flexibility index (Phi) is 3.88. The van der Waals surface area contributed by atoms with Gasteiger partial charge in [0.2, 0.25) is 5.91 Å². The molecular weight excluding hydrogens is 194 g/mol. The molecule has 1 rings (SSSR count). The average molecular weight is 211 g/mol. The summed E-state index contributed by atoms with van der Waals surface area (Å²) in [4.78, 5) is 22.4. The highest BCUT2D eigenvalue weighted by Gasteiger charge is 2.39. The lowest BCUT2D eigenvalue weighted by Gasteiger charge is -2.28. The molecule has 1 saturated carbocycles. The summed E-state index contributed by atoms with van der Waals surface area (Å²) in [6.45, 7) is 3.34. The van der Waals surface area contributed by atoms with Crippen molar-refractivity contribution in [3.63, 3.8) is 0 Å². The van der Waals surface area contributed by atoms with Gasteiger partial charge in [-0.25, -0.2) is 4.79 Å². The minimum Gasteiger partial charge on any atom is -0.480 e. The number of carbonyl (C=O) groups is 2. The largest absolute Gasteiger partial charge is 0.480 e. The van der Waals surface area contributed by atoms with E-state index in [9.17, 15) is 14.7 Å². The molecule has 1 fully saturated rings. The average Bonchev–Trinajstić information content (AvgIpc) is 2.44. The van der Waals surface area contributed by atoms with Crippen molar-refractivity contribution in [2.75, 3.05) is 0 Å². The lowest BCUT2D eigenvalue weighted by atomic mass is 9.90. The van der Waals surface area contributed by atoms with Crippen LogP contribution in [0.1, 0.15) is 38.5 Å². The topological polar surface area (TPSA) is 66.4 Å². The molecule has 0 saturated heterocycles. The van der Waals surface area contributed by atoms with Crippen LogP contribution in [0.4, 0.5) is 0 Å². The summed E-state index contributed by atoms with van der Waals surface area (Å²) in [5, 5.41) is 11.8. The summed E-state index contributed by atoms with van der Waals surface area (Å²) in [5.74, 6) is -1.33. The fourth-order valence-corrected chi connectivity index (χ4v) is 2.01. The molecule has 4 heteroatoms. The molecule has 1 aliphatic rings. The van der Waals surface area contributed by atoms with Gasteiger partial charge in [0.25, 0.3) is 0 Å². The third-order valence-corrected chi connectivity index (χ3v) is 2.91. The van der Waals surface area contributed by atoms with E-state index in [1.54, 1.807) is 0 Å². The zero-order valence-corrected chi connectivity index (χ0v) is 8.79. The van der Waals surface area contributed by atoms with E-state index in [4.69, 9.17) is 0 Å². The van der Waals surface area contributed by atoms with E-state index in [0.29, 0.717) is 12.8 Å². The Balaban J connectivity index is 2.80. The molecule has 84 valence electrons. The zero-order chi connectivity index (χ0) is 11.3. The molecule has 15 heavy (non-hydrogen) atoms. The summed E-state index contributed by atoms with van der Waals surface area (Å²) in [6, 6.07) is 0. The van der Waals surface area contributed by atoms with E-state index < -0.39 is 17.4 Å². The Hall–Kier alpha value is -1.32. The molecule has 0 unspecified atom stereocenters. The molecule has 0 heterocycles. The Labute approximate surface area is 89.4 Å². The lowest BCUT2D eigenvalue weighted by Crippen LogP contribution is -2.53. The normalized spacial score (nSPS) is 20.0. The summed E-state index contributed by atoms with van der Waals surface area (Å²) in [5.41, 5.74) is -1.07. The maximum atomic E-state index is 11.2. The fraction of sp³-hybridized carbons (Fsp3) is 0.636. The van der Waals surface area contributed by atoms with Crippen molar-refractivity contribution in [3.8, 4) is 0 Å². The van der Waals surface area contributed by atoms with Gasteiger partial charge in [-0.05, 0) is 18.9 Å². The van der Waals surface area contributed by atoms with Crippen LogP contribution >= 0.6 is 0 Å². The summed E-state index contributed by atoms with van der Waals surface area (Å²) >= 11 is 0. The molecule has 0 spiro atoms. The van der Waals surface area contributed by atoms with Crippen LogP contribution in [0, 0.1) is 0 Å². The summed E-state index contributed by atoms with van der Waals surface area (Å²) in [6.07, 6.45) is 5.94. The molecule has 0 aromatic rings. The third-order valence-electron chi connectivity index (χ3n) is 2.91. The van der Waals surface area contributed by atoms with Gasteiger partial charge in [-0.1, -0.05) is 32.3 Å². The van der Waals surface area contributed by atoms with E-state index in [-0.39, 0.29) is 0 Å². The maximum Gasteiger partial charge on any atom is 0.329 e. The second kappa shape index (κ2) is 4.96. The zero-order valence-electron chi connectivity index (χ0n) is 8.79. The van der Waals surface area contributed by atoms with Crippen molar-refractivity contribution in [3.05, 3.63) is 12.7 Å². The number of carboxylic acid groups (broad SMARTS) is 1. The molecule has 0 bridgehead atoms. The van der Waals surface area contributed by atoms with E-state index in [1.165, 1.54) is 0 Å². The predicted octanol–water partition coefficient (Wildman–Crippen LogP) is 1.47. The van der Waals surface area contributed by atoms with Gasteiger partial charge >= 0.3 is 5.97 Å². The first-order chi connectivity index (χ1) is 7.10. The van der Waals surface area contributed by atoms with Gasteiger partial charge in [0.1, 0.15) is 5.54 Å². The smallest absolute Gasteiger partial charge is 0.329 e. The van der Waals surface area contributed by atoms with Crippen LogP contribution in [-0.4, -0.2) is 22.5 Å². The van der Waals surface area contributed by atoms with E-state index in [2.05, 4.69) is 11.9 Å². The molecular formula is C11H17NO3. The van der Waals surface area contributed by atoms with Crippen LogP contribution in [0.25, 0.3) is 0 Å². The standard InChI is InChI=1S/C11H17NO3/c1-2-9(13)12-11(10(14)15)7-5-3-4-6-8-11/h2H,1,3-8H2,(H,12,13)(H,14,15). The maximum absolute atomic E-state index is 11.2. The summed E-state index contributed by atoms with van der Waals surface area (Å²) in [7, 11) is 0. The highest BCUT2D eigenvalue weighted by atomic mass is 16.4. The third kappa shape index (κ3) is 2.81. The Morgan fingerprint density at radius 2 is 1.73 bits per heavy atom. The second-order valence-electron chi connectivity index (χ2n) is 3.99. The molecule has 0 aromatic carbocycles. The number of aliphatic carboxylic acids is 1. The molecule has 1 amide bonds. The Morgan fingerprint density at radius 3 is 2.13 bits per heavy atom. The molecule has 0 aromatic heterocycles. The second-order valence-corrected chi connectivity index (χ2v) is 3.99. The number of nitrogens with one attached hydrogen (secondary N) is 1. The monoisotopic (exact) mass is 211 g/mol. The van der Waals surface area contributed by atoms with Crippen molar-refractivity contribution in [1.29, 1.82) is 0 Å². The number of rotatable bonds is 3. The van der Waals surface area contributed by atoms with Crippen LogP contribution in [0.2, 0.25) is 0 Å². The number of carboxylic acids is 1. The van der Waals surface area contributed by atoms with Crippen LogP contribution in [0.5, 0.6) is 0 Å². The van der Waals surface area contributed by atoms with Crippen LogP contribution < -0.4 is 5.32 Å². The minimum absolute atomic E-state index is 0.403. The van der Waals surface area contributed by atoms with Gasteiger partial charge in [0, 0.05) is 0 Å². The molecule has 4 nitrogen and oxygen atoms in total. The lowest BCUT2D eigenvalue weighted by molar-refractivity contribution is -0.147. The molecule has 2 N–H and O–H groups in total. The Bertz CT molecular complexity index is 265. The van der Waals surface area contributed by atoms with Gasteiger partial charge in [0.05, 0.1) is 0 Å². The van der Waals surface area contributed by atoms with E-state index in [1.807, 2.05) is 0 Å². The predicted molar refractivity (Wildman–Crippen MR) is 56.4 cm³/mol. The van der Waals surface area contributed by atoms with Crippen LogP contribution in [0.3, 0.4) is 0 Å². The van der Waals surface area contributed by atoms with E-state index in [0.717, 1.165) is 31.8 Å². The van der Waals surface area contributed by atoms with Crippen molar-refractivity contribution < 1.29 is 14.7 Å². The van der Waals surface area contributed by atoms with Gasteiger partial charge in [-0.2, -0.15) is 0 Å². The first-order valence-corrected chi connectivity index (χ1v) is 5.29. The van der Waals surface area contributed by atoms with Crippen molar-refractivity contribution >= 4 is 11.9 Å². The van der Waals surface area contributed by atoms with Gasteiger partial charge in [-0.3, -0.25) is 4.79 Å². The SMILES string of the molecule is C=CC(=O)NC1(C(=O)O)CCCCCC1. The number of amides is 1. The first-order valence-electron chi connectivity index (χ1n) is 5.29. The van der Waals surface area contributed by atoms with Gasteiger partial charge in [-0.15, -0.1) is 0 Å². The van der Waals surface area contributed by atoms with Crippen LogP contribution in [0.15, 0.2) is 12.7 Å². The minimum atomic E-state index is -1.07. The number of carbonyl (C=O) groups excluding carboxylic acids is 1. The quantitative estimate of drug-likeness (QED) is 0.548. The number of hydrogen-bond acceptors (Lipinski definition) is 2. The van der Waals surface area contributed by atoms with Crippen molar-refractivity contribution in [2.24, 2.45) is 0 Å². The Morgan fingerprint density at radius 1 is 1.20 bits per heavy atom. The van der Waals surface area contributed by atoms with Crippen molar-refractivity contribution in [2.45, 2.75) is 44.1 Å². The number of hydrogen-bond donors (Lipinski definition) is 2. The van der Waals surface area contributed by atoms with Gasteiger partial charge in [0.15, 0.2) is 0 Å². The summed E-state index contributed by atoms with van der Waals surface area (Å²) < 4.78 is 0. The highest BCUT2D eigenvalue weighted by molar-refractivity contribution is 5.92. The molecule has 0 atom stereocenters. The fourth-order valence-electron chi connectivity index (χ4n) is 2.01. The molecule has 1 aliphatic carbocycles. The van der Waals surface area contributed by atoms with Crippen molar-refractivity contribution in [1.82, 2.24) is 5.32 Å². The first kappa shape index (κ1) is 11.8. The van der Waals surface area contributed by atoms with Crippen LogP contribution in [-0.2, 0) is 9.59 Å². The van der Waals surface area contributed by atoms with E-state index >= 15 is 0 Å². The van der Waals surface area contributed by atoms with Gasteiger partial charge < -0.3 is 10.4 Å². The molecule has 0 radical (unpaired) electrons.